The van der Waals surface area contributed by atoms with Crippen LogP contribution in [0, 0.1) is 0 Å². The summed E-state index contributed by atoms with van der Waals surface area (Å²) in [6.07, 6.45) is 0. The minimum absolute atomic E-state index is 0.512. The van der Waals surface area contributed by atoms with Crippen LogP contribution in [0.4, 0.5) is 74.6 Å². The number of esters is 1. The maximum Gasteiger partial charge on any atom is 0.382 e. The maximum atomic E-state index is 15.2. The normalized spacial score (nSPS) is 40.1. The molecule has 0 bridgehead atoms. The molecule has 0 aliphatic heterocycles. The van der Waals surface area contributed by atoms with Crippen molar-refractivity contribution >= 4 is 5.97 Å². The second-order valence-corrected chi connectivity index (χ2v) is 7.50. The van der Waals surface area contributed by atoms with Gasteiger partial charge in [-0.25, -0.2) is 18.0 Å². The molecule has 2 rings (SSSR count). The fourth-order valence-corrected chi connectivity index (χ4v) is 3.55. The Bertz CT molecular complexity index is 916. The van der Waals surface area contributed by atoms with E-state index in [1.807, 2.05) is 0 Å². The van der Waals surface area contributed by atoms with Gasteiger partial charge in [-0.1, -0.05) is 6.58 Å². The molecule has 2 saturated carbocycles. The minimum Gasteiger partial charge on any atom is -0.459 e. The fourth-order valence-electron chi connectivity index (χ4n) is 3.55. The second kappa shape index (κ2) is 6.41. The zero-order valence-corrected chi connectivity index (χ0v) is 15.7. The van der Waals surface area contributed by atoms with Gasteiger partial charge in [0, 0.05) is 5.57 Å². The molecule has 0 radical (unpaired) electrons. The van der Waals surface area contributed by atoms with E-state index in [4.69, 9.17) is 0 Å². The number of alkyl halides is 17. The molecule has 2 aliphatic carbocycles. The zero-order chi connectivity index (χ0) is 27.6. The SMILES string of the molecule is C=C(C)C(=O)OCC1(F)C(F)(F)C(F)(F)C(F)(F)C2(F)C(F)(F)C(F)(F)C(F)(F)C(F)(F)C12F. The molecule has 34 heavy (non-hydrogen) atoms. The third-order valence-corrected chi connectivity index (χ3v) is 5.54. The van der Waals surface area contributed by atoms with Crippen LogP contribution in [0.25, 0.3) is 0 Å². The lowest BCUT2D eigenvalue weighted by Crippen LogP contribution is -2.99. The van der Waals surface area contributed by atoms with Gasteiger partial charge in [0.2, 0.25) is 0 Å². The first-order chi connectivity index (χ1) is 14.6. The number of rotatable bonds is 3. The average Bonchev–Trinajstić information content (AvgIpc) is 2.67. The molecular formula is C15H7F17O2. The monoisotopic (exact) mass is 542 g/mol. The maximum absolute atomic E-state index is 15.2. The molecule has 19 heteroatoms. The molecule has 3 unspecified atom stereocenters. The summed E-state index contributed by atoms with van der Waals surface area (Å²) in [7, 11) is 0. The molecule has 0 aromatic rings. The molecule has 0 saturated heterocycles. The molecule has 0 N–H and O–H groups in total. The molecule has 0 heterocycles. The van der Waals surface area contributed by atoms with Gasteiger partial charge in [-0.05, 0) is 6.92 Å². The fraction of sp³-hybridized carbons (Fsp3) is 0.800. The van der Waals surface area contributed by atoms with E-state index in [-0.39, 0.29) is 0 Å². The van der Waals surface area contributed by atoms with Crippen LogP contribution >= 0.6 is 0 Å². The molecule has 0 aromatic heterocycles. The third-order valence-electron chi connectivity index (χ3n) is 5.54. The Kier molecular flexibility index (Phi) is 5.33. The van der Waals surface area contributed by atoms with Crippen LogP contribution in [0.15, 0.2) is 12.2 Å². The molecule has 0 aromatic carbocycles. The van der Waals surface area contributed by atoms with Gasteiger partial charge in [0.15, 0.2) is 0 Å². The standard InChI is InChI=1S/C15H7F17O2/c1-4(2)5(33)34-3-6(16)7(17)8(18,11(23,24)13(27,28)9(6,19)20)12(25,26)15(31,32)14(29,30)10(7,21)22/h1,3H2,2H3. The van der Waals surface area contributed by atoms with E-state index >= 15 is 8.78 Å². The van der Waals surface area contributed by atoms with Crippen molar-refractivity contribution < 1.29 is 84.2 Å². The van der Waals surface area contributed by atoms with E-state index in [2.05, 4.69) is 11.3 Å². The van der Waals surface area contributed by atoms with Crippen LogP contribution in [-0.4, -0.2) is 71.0 Å². The summed E-state index contributed by atoms with van der Waals surface area (Å²) in [4.78, 5) is 11.2. The summed E-state index contributed by atoms with van der Waals surface area (Å²) >= 11 is 0. The molecule has 3 atom stereocenters. The van der Waals surface area contributed by atoms with E-state index in [1.54, 1.807) is 0 Å². The van der Waals surface area contributed by atoms with Crippen LogP contribution in [0.3, 0.4) is 0 Å². The molecule has 198 valence electrons. The highest BCUT2D eigenvalue weighted by atomic mass is 19.4. The predicted octanol–water partition coefficient (Wildman–Crippen LogP) is 5.70. The van der Waals surface area contributed by atoms with Crippen molar-refractivity contribution in [2.75, 3.05) is 6.61 Å². The highest BCUT2D eigenvalue weighted by Gasteiger charge is 3.14. The number of halogens is 17. The molecule has 0 spiro atoms. The smallest absolute Gasteiger partial charge is 0.382 e. The van der Waals surface area contributed by atoms with E-state index in [0.29, 0.717) is 6.92 Å². The van der Waals surface area contributed by atoms with Gasteiger partial charge in [0.1, 0.15) is 6.61 Å². The van der Waals surface area contributed by atoms with Crippen molar-refractivity contribution in [1.29, 1.82) is 0 Å². The summed E-state index contributed by atoms with van der Waals surface area (Å²) in [5.41, 5.74) is -25.3. The van der Waals surface area contributed by atoms with E-state index in [1.165, 1.54) is 0 Å². The van der Waals surface area contributed by atoms with Crippen LogP contribution in [0.5, 0.6) is 0 Å². The Morgan fingerprint density at radius 1 is 0.559 bits per heavy atom. The number of fused-ring (bicyclic) bond motifs is 1. The third kappa shape index (κ3) is 2.21. The first-order valence-electron chi connectivity index (χ1n) is 8.12. The topological polar surface area (TPSA) is 26.3 Å². The quantitative estimate of drug-likeness (QED) is 0.260. The van der Waals surface area contributed by atoms with Crippen molar-refractivity contribution in [3.8, 4) is 0 Å². The molecule has 0 amide bonds. The number of ether oxygens (including phenoxy) is 1. The highest BCUT2D eigenvalue weighted by Crippen LogP contribution is 2.80. The molecule has 2 fully saturated rings. The van der Waals surface area contributed by atoms with E-state index in [9.17, 15) is 70.7 Å². The number of hydrogen-bond acceptors (Lipinski definition) is 2. The number of carbonyl (C=O) groups excluding carboxylic acids is 1. The zero-order valence-electron chi connectivity index (χ0n) is 15.7. The first-order valence-corrected chi connectivity index (χ1v) is 8.12. The van der Waals surface area contributed by atoms with Gasteiger partial charge >= 0.3 is 47.4 Å². The van der Waals surface area contributed by atoms with Crippen molar-refractivity contribution in [2.45, 2.75) is 65.4 Å². The number of hydrogen-bond donors (Lipinski definition) is 0. The lowest BCUT2D eigenvalue weighted by molar-refractivity contribution is -0.548. The molecule has 2 aliphatic rings. The molecular weight excluding hydrogens is 535 g/mol. The summed E-state index contributed by atoms with van der Waals surface area (Å²) in [5, 5.41) is 0. The van der Waals surface area contributed by atoms with Crippen LogP contribution < -0.4 is 0 Å². The average molecular weight is 542 g/mol. The van der Waals surface area contributed by atoms with Crippen LogP contribution in [0.2, 0.25) is 0 Å². The van der Waals surface area contributed by atoms with Crippen LogP contribution in [0.1, 0.15) is 6.92 Å². The van der Waals surface area contributed by atoms with Crippen LogP contribution in [-0.2, 0) is 9.53 Å². The van der Waals surface area contributed by atoms with Gasteiger partial charge in [-0.15, -0.1) is 0 Å². The van der Waals surface area contributed by atoms with Crippen molar-refractivity contribution in [2.24, 2.45) is 0 Å². The van der Waals surface area contributed by atoms with Gasteiger partial charge in [-0.2, -0.15) is 61.5 Å². The summed E-state index contributed by atoms with van der Waals surface area (Å²) in [6, 6.07) is 0. The summed E-state index contributed by atoms with van der Waals surface area (Å²) in [5.74, 6) is -59.9. The lowest BCUT2D eigenvalue weighted by Gasteiger charge is -2.65. The van der Waals surface area contributed by atoms with Gasteiger partial charge < -0.3 is 4.74 Å². The minimum atomic E-state index is -8.50. The van der Waals surface area contributed by atoms with E-state index < -0.39 is 76.6 Å². The Balaban J connectivity index is 3.17. The van der Waals surface area contributed by atoms with Crippen molar-refractivity contribution in [3.05, 3.63) is 12.2 Å². The summed E-state index contributed by atoms with van der Waals surface area (Å²) in [6.45, 7) is -0.701. The largest absolute Gasteiger partial charge is 0.459 e. The highest BCUT2D eigenvalue weighted by molar-refractivity contribution is 5.87. The van der Waals surface area contributed by atoms with Gasteiger partial charge in [0.25, 0.3) is 17.0 Å². The first kappa shape index (κ1) is 28.3. The van der Waals surface area contributed by atoms with Crippen molar-refractivity contribution in [1.82, 2.24) is 0 Å². The Morgan fingerprint density at radius 3 is 1.18 bits per heavy atom. The predicted molar refractivity (Wildman–Crippen MR) is 71.9 cm³/mol. The second-order valence-electron chi connectivity index (χ2n) is 7.50. The van der Waals surface area contributed by atoms with Gasteiger partial charge in [0.05, 0.1) is 0 Å². The van der Waals surface area contributed by atoms with E-state index in [0.717, 1.165) is 0 Å². The van der Waals surface area contributed by atoms with Gasteiger partial charge in [-0.3, -0.25) is 0 Å². The van der Waals surface area contributed by atoms with Crippen molar-refractivity contribution in [3.63, 3.8) is 0 Å². The Hall–Kier alpha value is -1.98. The molecule has 2 nitrogen and oxygen atoms in total. The number of carbonyl (C=O) groups is 1. The lowest BCUT2D eigenvalue weighted by atomic mass is 9.51. The summed E-state index contributed by atoms with van der Waals surface area (Å²) < 4.78 is 244. The Labute approximate surface area is 175 Å². The Morgan fingerprint density at radius 2 is 0.853 bits per heavy atom.